The number of nitrogens with one attached hydrogen (secondary N) is 1. The van der Waals surface area contributed by atoms with Crippen molar-refractivity contribution >= 4 is 22.8 Å². The molecule has 100 valence electrons. The molecule has 0 unspecified atom stereocenters. The van der Waals surface area contributed by atoms with Crippen molar-refractivity contribution in [3.63, 3.8) is 0 Å². The molecule has 1 amide bonds. The Morgan fingerprint density at radius 1 is 1.30 bits per heavy atom. The van der Waals surface area contributed by atoms with Gasteiger partial charge in [-0.1, -0.05) is 6.07 Å². The predicted molar refractivity (Wildman–Crippen MR) is 74.0 cm³/mol. The zero-order valence-corrected chi connectivity index (χ0v) is 10.4. The molecule has 0 saturated heterocycles. The first-order chi connectivity index (χ1) is 9.65. The summed E-state index contributed by atoms with van der Waals surface area (Å²) in [5.41, 5.74) is 6.87. The molecule has 0 radical (unpaired) electrons. The molecule has 5 nitrogen and oxygen atoms in total. The second-order valence-electron chi connectivity index (χ2n) is 4.28. The summed E-state index contributed by atoms with van der Waals surface area (Å²) in [5.74, 6) is -0.918. The number of carbonyl (C=O) groups is 1. The minimum Gasteiger partial charge on any atom is -0.396 e. The molecule has 2 aromatic heterocycles. The van der Waals surface area contributed by atoms with E-state index in [1.165, 1.54) is 18.3 Å². The number of benzene rings is 1. The largest absolute Gasteiger partial charge is 0.396 e. The minimum atomic E-state index is -0.567. The monoisotopic (exact) mass is 270 g/mol. The number of aromatic nitrogens is 2. The molecule has 0 atom stereocenters. The van der Waals surface area contributed by atoms with Gasteiger partial charge < -0.3 is 11.1 Å². The number of hydrogen-bond acceptors (Lipinski definition) is 3. The third-order valence-electron chi connectivity index (χ3n) is 2.93. The van der Waals surface area contributed by atoms with Gasteiger partial charge in [0.05, 0.1) is 23.0 Å². The number of nitrogens with two attached hydrogens (primary N) is 1. The highest BCUT2D eigenvalue weighted by molar-refractivity contribution is 6.08. The maximum atomic E-state index is 13.3. The van der Waals surface area contributed by atoms with Crippen LogP contribution < -0.4 is 11.1 Å². The van der Waals surface area contributed by atoms with Crippen molar-refractivity contribution in [3.05, 3.63) is 60.2 Å². The van der Waals surface area contributed by atoms with Gasteiger partial charge in [0.25, 0.3) is 5.91 Å². The minimum absolute atomic E-state index is 0.0407. The van der Waals surface area contributed by atoms with E-state index in [1.54, 1.807) is 22.8 Å². The lowest BCUT2D eigenvalue weighted by Crippen LogP contribution is -2.12. The number of fused-ring (bicyclic) bond motifs is 1. The Morgan fingerprint density at radius 2 is 2.15 bits per heavy atom. The molecule has 2 heterocycles. The molecule has 3 N–H and O–H groups in total. The first-order valence-corrected chi connectivity index (χ1v) is 5.94. The molecule has 0 fully saturated rings. The first-order valence-electron chi connectivity index (χ1n) is 5.94. The molecular formula is C14H11FN4O. The van der Waals surface area contributed by atoms with Crippen LogP contribution in [0.2, 0.25) is 0 Å². The molecule has 0 aliphatic heterocycles. The van der Waals surface area contributed by atoms with Gasteiger partial charge in [-0.25, -0.2) is 8.91 Å². The Kier molecular flexibility index (Phi) is 2.83. The standard InChI is InChI=1S/C14H11FN4O/c15-11-7-9(4-5-12(11)16)18-14(20)10-8-17-19-6-2-1-3-13(10)19/h1-8H,16H2,(H,18,20). The fourth-order valence-corrected chi connectivity index (χ4v) is 1.91. The number of nitrogens with zero attached hydrogens (tertiary/aromatic N) is 2. The van der Waals surface area contributed by atoms with Crippen LogP contribution in [0.4, 0.5) is 15.8 Å². The van der Waals surface area contributed by atoms with E-state index in [2.05, 4.69) is 10.4 Å². The normalized spacial score (nSPS) is 10.7. The van der Waals surface area contributed by atoms with Crippen molar-refractivity contribution in [2.75, 3.05) is 11.1 Å². The molecular weight excluding hydrogens is 259 g/mol. The first kappa shape index (κ1) is 12.2. The van der Waals surface area contributed by atoms with Crippen LogP contribution in [0.25, 0.3) is 5.52 Å². The lowest BCUT2D eigenvalue weighted by atomic mass is 10.2. The summed E-state index contributed by atoms with van der Waals surface area (Å²) in [6.45, 7) is 0. The Bertz CT molecular complexity index is 797. The van der Waals surface area contributed by atoms with Crippen LogP contribution >= 0.6 is 0 Å². The summed E-state index contributed by atoms with van der Waals surface area (Å²) in [7, 11) is 0. The van der Waals surface area contributed by atoms with Crippen molar-refractivity contribution in [2.45, 2.75) is 0 Å². The number of carbonyl (C=O) groups excluding carboxylic acids is 1. The average molecular weight is 270 g/mol. The predicted octanol–water partition coefficient (Wildman–Crippen LogP) is 2.31. The van der Waals surface area contributed by atoms with E-state index >= 15 is 0 Å². The lowest BCUT2D eigenvalue weighted by molar-refractivity contribution is 0.102. The summed E-state index contributed by atoms with van der Waals surface area (Å²) < 4.78 is 14.9. The van der Waals surface area contributed by atoms with Gasteiger partial charge in [0.2, 0.25) is 0 Å². The van der Waals surface area contributed by atoms with Gasteiger partial charge in [0.15, 0.2) is 0 Å². The van der Waals surface area contributed by atoms with Crippen molar-refractivity contribution in [3.8, 4) is 0 Å². The topological polar surface area (TPSA) is 72.4 Å². The van der Waals surface area contributed by atoms with E-state index in [1.807, 2.05) is 12.1 Å². The third-order valence-corrected chi connectivity index (χ3v) is 2.93. The van der Waals surface area contributed by atoms with Gasteiger partial charge in [-0.3, -0.25) is 4.79 Å². The second kappa shape index (κ2) is 4.65. The molecule has 1 aromatic carbocycles. The zero-order chi connectivity index (χ0) is 14.1. The van der Waals surface area contributed by atoms with Crippen LogP contribution in [0.5, 0.6) is 0 Å². The van der Waals surface area contributed by atoms with Crippen LogP contribution in [0.1, 0.15) is 10.4 Å². The number of hydrogen-bond donors (Lipinski definition) is 2. The molecule has 6 heteroatoms. The Morgan fingerprint density at radius 3 is 2.95 bits per heavy atom. The molecule has 3 aromatic rings. The van der Waals surface area contributed by atoms with Crippen LogP contribution in [-0.4, -0.2) is 15.5 Å². The summed E-state index contributed by atoms with van der Waals surface area (Å²) in [5, 5.41) is 6.69. The van der Waals surface area contributed by atoms with E-state index in [0.29, 0.717) is 16.8 Å². The van der Waals surface area contributed by atoms with Crippen molar-refractivity contribution < 1.29 is 9.18 Å². The smallest absolute Gasteiger partial charge is 0.259 e. The molecule has 0 aliphatic carbocycles. The molecule has 0 saturated carbocycles. The molecule has 0 aliphatic rings. The van der Waals surface area contributed by atoms with Gasteiger partial charge in [0, 0.05) is 11.9 Å². The number of rotatable bonds is 2. The van der Waals surface area contributed by atoms with Gasteiger partial charge in [-0.2, -0.15) is 5.10 Å². The molecule has 0 spiro atoms. The lowest BCUT2D eigenvalue weighted by Gasteiger charge is -2.05. The fourth-order valence-electron chi connectivity index (χ4n) is 1.91. The number of pyridine rings is 1. The highest BCUT2D eigenvalue weighted by atomic mass is 19.1. The number of halogens is 1. The Balaban J connectivity index is 1.91. The molecule has 0 bridgehead atoms. The summed E-state index contributed by atoms with van der Waals surface area (Å²) in [6.07, 6.45) is 3.22. The SMILES string of the molecule is Nc1ccc(NC(=O)c2cnn3ccccc23)cc1F. The molecule has 3 rings (SSSR count). The van der Waals surface area contributed by atoms with Crippen molar-refractivity contribution in [1.29, 1.82) is 0 Å². The van der Waals surface area contributed by atoms with E-state index in [9.17, 15) is 9.18 Å². The summed E-state index contributed by atoms with van der Waals surface area (Å²) >= 11 is 0. The van der Waals surface area contributed by atoms with E-state index in [4.69, 9.17) is 5.73 Å². The van der Waals surface area contributed by atoms with Gasteiger partial charge in [0.1, 0.15) is 5.82 Å². The van der Waals surface area contributed by atoms with E-state index in [-0.39, 0.29) is 11.6 Å². The van der Waals surface area contributed by atoms with Gasteiger partial charge in [-0.05, 0) is 30.3 Å². The number of amides is 1. The van der Waals surface area contributed by atoms with Crippen molar-refractivity contribution in [2.24, 2.45) is 0 Å². The quantitative estimate of drug-likeness (QED) is 0.702. The Hall–Kier alpha value is -2.89. The van der Waals surface area contributed by atoms with Gasteiger partial charge >= 0.3 is 0 Å². The third kappa shape index (κ3) is 2.07. The van der Waals surface area contributed by atoms with Gasteiger partial charge in [-0.15, -0.1) is 0 Å². The van der Waals surface area contributed by atoms with Crippen LogP contribution in [0.15, 0.2) is 48.8 Å². The number of anilines is 2. The highest BCUT2D eigenvalue weighted by Gasteiger charge is 2.13. The molecule has 20 heavy (non-hydrogen) atoms. The van der Waals surface area contributed by atoms with E-state index < -0.39 is 5.82 Å². The average Bonchev–Trinajstić information content (AvgIpc) is 2.87. The second-order valence-corrected chi connectivity index (χ2v) is 4.28. The maximum absolute atomic E-state index is 13.3. The fraction of sp³-hybridized carbons (Fsp3) is 0. The maximum Gasteiger partial charge on any atom is 0.259 e. The van der Waals surface area contributed by atoms with Crippen molar-refractivity contribution in [1.82, 2.24) is 9.61 Å². The summed E-state index contributed by atoms with van der Waals surface area (Å²) in [6, 6.07) is 9.54. The van der Waals surface area contributed by atoms with E-state index in [0.717, 1.165) is 0 Å². The number of nitrogen functional groups attached to an aromatic ring is 1. The van der Waals surface area contributed by atoms with Crippen LogP contribution in [0, 0.1) is 5.82 Å². The highest BCUT2D eigenvalue weighted by Crippen LogP contribution is 2.18. The Labute approximate surface area is 113 Å². The van der Waals surface area contributed by atoms with Crippen LogP contribution in [0.3, 0.4) is 0 Å². The zero-order valence-electron chi connectivity index (χ0n) is 10.4. The van der Waals surface area contributed by atoms with Crippen LogP contribution in [-0.2, 0) is 0 Å². The summed E-state index contributed by atoms with van der Waals surface area (Å²) in [4.78, 5) is 12.2.